The van der Waals surface area contributed by atoms with Gasteiger partial charge in [0.2, 0.25) is 0 Å². The number of nitrogens with zero attached hydrogens (tertiary/aromatic N) is 2. The molecule has 0 aromatic heterocycles. The van der Waals surface area contributed by atoms with Crippen LogP contribution in [-0.2, 0) is 24.1 Å². The topological polar surface area (TPSA) is 102 Å². The van der Waals surface area contributed by atoms with Crippen LogP contribution in [0.5, 0.6) is 0 Å². The summed E-state index contributed by atoms with van der Waals surface area (Å²) in [7, 11) is 1.68. The van der Waals surface area contributed by atoms with Crippen molar-refractivity contribution in [1.29, 1.82) is 0 Å². The van der Waals surface area contributed by atoms with Crippen LogP contribution in [0.15, 0.2) is 89.8 Å². The van der Waals surface area contributed by atoms with E-state index >= 15 is 0 Å². The molecule has 0 radical (unpaired) electrons. The first-order chi connectivity index (χ1) is 20.7. The molecule has 0 aliphatic carbocycles. The molecule has 3 aliphatic heterocycles. The van der Waals surface area contributed by atoms with E-state index in [9.17, 15) is 8.42 Å². The van der Waals surface area contributed by atoms with Crippen molar-refractivity contribution in [3.8, 4) is 0 Å². The van der Waals surface area contributed by atoms with Crippen molar-refractivity contribution in [3.05, 3.63) is 88.5 Å². The number of anilines is 2. The van der Waals surface area contributed by atoms with Crippen LogP contribution in [0.1, 0.15) is 38.5 Å². The molecule has 3 fully saturated rings. The molecule has 1 unspecified atom stereocenters. The summed E-state index contributed by atoms with van der Waals surface area (Å²) in [6, 6.07) is 27.7. The Hall–Kier alpha value is -1.45. The lowest BCUT2D eigenvalue weighted by Crippen LogP contribution is -2.17. The average Bonchev–Trinajstić information content (AvgIpc) is 3.84. The van der Waals surface area contributed by atoms with Crippen molar-refractivity contribution in [3.63, 3.8) is 0 Å². The number of rotatable bonds is 4. The van der Waals surface area contributed by atoms with Crippen molar-refractivity contribution in [1.82, 2.24) is 5.32 Å². The molecule has 1 atom stereocenters. The standard InChI is InChI=1S/C10H12ClNO2S.C10H13N.C6H5I.C4H9N.ClHO3S/c11-15(13,14)10-5-3-4-9(8-10)12-6-1-2-7-12;1-2-6-10(7-3-1)11-8-4-5-9-11;7-6-4-2-1-3-5-6;1-2-4-5-3-1;1-4-5(2)3/h3-5,8H,1-2,6-7H2;1-3,6-7H,4-5,8-9H2;1-5H;5H,1-4H2;(H,2,3)/p-1. The smallest absolute Gasteiger partial charge is 0.261 e. The number of hydrogen-bond donors (Lipinski definition) is 1. The number of halogens is 3. The molecule has 13 heteroatoms. The van der Waals surface area contributed by atoms with E-state index in [1.807, 2.05) is 24.3 Å². The second-order valence-electron chi connectivity index (χ2n) is 9.68. The maximum Gasteiger partial charge on any atom is 0.261 e. The molecule has 8 nitrogen and oxygen atoms in total. The van der Waals surface area contributed by atoms with Gasteiger partial charge in [0.05, 0.1) is 16.8 Å². The van der Waals surface area contributed by atoms with Crippen molar-refractivity contribution < 1.29 is 20.9 Å². The van der Waals surface area contributed by atoms with Gasteiger partial charge < -0.3 is 19.7 Å². The second kappa shape index (κ2) is 22.1. The Kier molecular flexibility index (Phi) is 19.4. The fourth-order valence-corrected chi connectivity index (χ4v) is 5.67. The molecule has 0 amide bonds. The van der Waals surface area contributed by atoms with E-state index in [0.717, 1.165) is 31.6 Å². The lowest BCUT2D eigenvalue weighted by atomic mass is 10.3. The monoisotopic (exact) mass is 782 g/mol. The Labute approximate surface area is 282 Å². The maximum absolute atomic E-state index is 11.1. The van der Waals surface area contributed by atoms with E-state index in [2.05, 4.69) is 95.8 Å². The first kappa shape index (κ1) is 37.7. The van der Waals surface area contributed by atoms with Gasteiger partial charge in [0.15, 0.2) is 0 Å². The Balaban J connectivity index is 0.000000202. The fraction of sp³-hybridized carbons (Fsp3) is 0.400. The van der Waals surface area contributed by atoms with Gasteiger partial charge in [-0.15, -0.1) is 0 Å². The average molecular weight is 784 g/mol. The third-order valence-electron chi connectivity index (χ3n) is 6.54. The van der Waals surface area contributed by atoms with Crippen LogP contribution in [0.2, 0.25) is 0 Å². The predicted octanol–water partition coefficient (Wildman–Crippen LogP) is 7.11. The van der Waals surface area contributed by atoms with Crippen LogP contribution < -0.4 is 15.1 Å². The predicted molar refractivity (Wildman–Crippen MR) is 186 cm³/mol. The quantitative estimate of drug-likeness (QED) is 0.170. The lowest BCUT2D eigenvalue weighted by molar-refractivity contribution is 0.457. The molecular weight excluding hydrogens is 744 g/mol. The first-order valence-electron chi connectivity index (χ1n) is 14.1. The van der Waals surface area contributed by atoms with Crippen LogP contribution in [0.3, 0.4) is 0 Å². The number of benzene rings is 3. The van der Waals surface area contributed by atoms with Gasteiger partial charge in [0.25, 0.3) is 9.05 Å². The Morgan fingerprint density at radius 3 is 1.56 bits per heavy atom. The van der Waals surface area contributed by atoms with Gasteiger partial charge in [-0.25, -0.2) is 12.6 Å². The zero-order valence-corrected chi connectivity index (χ0v) is 29.3. The molecule has 3 aliphatic rings. The third-order valence-corrected chi connectivity index (χ3v) is 9.02. The van der Waals surface area contributed by atoms with Crippen molar-refractivity contribution in [2.45, 2.75) is 43.4 Å². The van der Waals surface area contributed by atoms with E-state index in [0.29, 0.717) is 0 Å². The highest BCUT2D eigenvalue weighted by molar-refractivity contribution is 14.1. The zero-order valence-electron chi connectivity index (χ0n) is 24.0. The largest absolute Gasteiger partial charge is 0.749 e. The first-order valence-corrected chi connectivity index (χ1v) is 18.8. The van der Waals surface area contributed by atoms with E-state index in [4.69, 9.17) is 19.4 Å². The highest BCUT2D eigenvalue weighted by Gasteiger charge is 2.15. The SMILES string of the molecule is C1CCNC1.Ic1ccccc1.O=S(=O)(Cl)c1cccc(N2CCCC2)c1.O=S([O-])OCl.c1ccc(N2CCCC2)cc1. The van der Waals surface area contributed by atoms with Gasteiger partial charge >= 0.3 is 0 Å². The summed E-state index contributed by atoms with van der Waals surface area (Å²) in [6.07, 6.45) is 7.82. The Morgan fingerprint density at radius 1 is 0.744 bits per heavy atom. The van der Waals surface area contributed by atoms with Crippen LogP contribution in [0, 0.1) is 3.57 Å². The van der Waals surface area contributed by atoms with Gasteiger partial charge in [-0.1, -0.05) is 42.5 Å². The van der Waals surface area contributed by atoms with E-state index in [1.54, 1.807) is 12.1 Å². The summed E-state index contributed by atoms with van der Waals surface area (Å²) in [5.41, 5.74) is 2.32. The summed E-state index contributed by atoms with van der Waals surface area (Å²) >= 11 is 3.95. The third kappa shape index (κ3) is 17.0. The summed E-state index contributed by atoms with van der Waals surface area (Å²) in [4.78, 5) is 4.79. The van der Waals surface area contributed by atoms with Crippen molar-refractivity contribution >= 4 is 76.9 Å². The molecule has 43 heavy (non-hydrogen) atoms. The van der Waals surface area contributed by atoms with E-state index in [-0.39, 0.29) is 4.90 Å². The van der Waals surface area contributed by atoms with Gasteiger partial charge in [0, 0.05) is 51.8 Å². The van der Waals surface area contributed by atoms with Gasteiger partial charge in [0.1, 0.15) is 11.4 Å². The minimum atomic E-state index is -3.61. The number of para-hydroxylation sites is 1. The molecule has 0 saturated carbocycles. The Bertz CT molecular complexity index is 1270. The summed E-state index contributed by atoms with van der Waals surface area (Å²) in [5.74, 6) is 0. The van der Waals surface area contributed by atoms with Crippen LogP contribution in [-0.4, -0.2) is 56.4 Å². The molecule has 1 N–H and O–H groups in total. The van der Waals surface area contributed by atoms with E-state index < -0.39 is 20.4 Å². The molecule has 3 aromatic rings. The lowest BCUT2D eigenvalue weighted by Gasteiger charge is -2.17. The molecule has 3 saturated heterocycles. The summed E-state index contributed by atoms with van der Waals surface area (Å²) < 4.78 is 44.8. The summed E-state index contributed by atoms with van der Waals surface area (Å²) in [6.45, 7) is 6.96. The molecule has 0 bridgehead atoms. The minimum absolute atomic E-state index is 0.175. The molecule has 3 heterocycles. The van der Waals surface area contributed by atoms with Crippen LogP contribution in [0.4, 0.5) is 11.4 Å². The number of hydrogen-bond acceptors (Lipinski definition) is 8. The molecule has 238 valence electrons. The normalized spacial score (nSPS) is 16.3. The summed E-state index contributed by atoms with van der Waals surface area (Å²) in [5, 5.41) is 3.22. The Morgan fingerprint density at radius 2 is 1.19 bits per heavy atom. The van der Waals surface area contributed by atoms with Crippen LogP contribution >= 0.6 is 45.1 Å². The zero-order chi connectivity index (χ0) is 31.3. The molecule has 3 aromatic carbocycles. The fourth-order valence-electron chi connectivity index (χ4n) is 4.46. The highest BCUT2D eigenvalue weighted by atomic mass is 127. The maximum atomic E-state index is 11.1. The highest BCUT2D eigenvalue weighted by Crippen LogP contribution is 2.24. The van der Waals surface area contributed by atoms with Crippen LogP contribution in [0.25, 0.3) is 0 Å². The molecular formula is C30H39Cl2IN3O5S2-. The second-order valence-corrected chi connectivity index (χ2v) is 14.4. The molecule has 6 rings (SSSR count). The van der Waals surface area contributed by atoms with Gasteiger partial charge in [-0.2, -0.15) is 3.74 Å². The van der Waals surface area contributed by atoms with Gasteiger partial charge in [-0.05, 0) is 117 Å². The minimum Gasteiger partial charge on any atom is -0.749 e. The van der Waals surface area contributed by atoms with Gasteiger partial charge in [-0.3, -0.25) is 0 Å². The van der Waals surface area contributed by atoms with Crippen molar-refractivity contribution in [2.24, 2.45) is 0 Å². The van der Waals surface area contributed by atoms with E-state index in [1.165, 1.54) is 67.2 Å². The van der Waals surface area contributed by atoms with Crippen molar-refractivity contribution in [2.75, 3.05) is 49.1 Å². The number of nitrogens with one attached hydrogen (secondary N) is 1. The molecule has 0 spiro atoms.